The van der Waals surface area contributed by atoms with E-state index in [1.807, 2.05) is 30.3 Å². The molecular formula is C22H23N3O3S. The van der Waals surface area contributed by atoms with Gasteiger partial charge in [0.1, 0.15) is 11.6 Å². The van der Waals surface area contributed by atoms with Crippen LogP contribution in [0.5, 0.6) is 5.75 Å². The quantitative estimate of drug-likeness (QED) is 0.392. The molecule has 0 aliphatic rings. The second kappa shape index (κ2) is 8.89. The maximum Gasteiger partial charge on any atom is 0.243 e. The van der Waals surface area contributed by atoms with Gasteiger partial charge in [-0.3, -0.25) is 5.41 Å². The molecule has 3 aromatic carbocycles. The fraction of sp³-hybridized carbons (Fsp3) is 0.136. The van der Waals surface area contributed by atoms with E-state index in [4.69, 9.17) is 11.1 Å². The molecule has 3 rings (SSSR count). The van der Waals surface area contributed by atoms with Crippen molar-refractivity contribution in [3.63, 3.8) is 0 Å². The molecule has 29 heavy (non-hydrogen) atoms. The minimum Gasteiger partial charge on any atom is -0.508 e. The van der Waals surface area contributed by atoms with Gasteiger partial charge in [0.05, 0.1) is 4.90 Å². The van der Waals surface area contributed by atoms with Crippen LogP contribution in [0, 0.1) is 5.41 Å². The number of nitrogen functional groups attached to an aromatic ring is 1. The minimum atomic E-state index is -3.75. The van der Waals surface area contributed by atoms with Crippen LogP contribution < -0.4 is 5.73 Å². The summed E-state index contributed by atoms with van der Waals surface area (Å²) in [7, 11) is -3.75. The number of sulfonamides is 1. The van der Waals surface area contributed by atoms with Gasteiger partial charge in [-0.2, -0.15) is 4.31 Å². The lowest BCUT2D eigenvalue weighted by Crippen LogP contribution is -2.32. The number of rotatable bonds is 8. The Labute approximate surface area is 170 Å². The van der Waals surface area contributed by atoms with Crippen molar-refractivity contribution in [3.05, 3.63) is 95.6 Å². The van der Waals surface area contributed by atoms with E-state index in [2.05, 4.69) is 0 Å². The molecule has 0 aromatic heterocycles. The molecule has 0 amide bonds. The first-order valence-electron chi connectivity index (χ1n) is 9.13. The molecule has 0 bridgehead atoms. The molecule has 0 radical (unpaired) electrons. The maximum absolute atomic E-state index is 13.3. The largest absolute Gasteiger partial charge is 0.508 e. The van der Waals surface area contributed by atoms with E-state index >= 15 is 0 Å². The summed E-state index contributed by atoms with van der Waals surface area (Å²) < 4.78 is 28.0. The number of hydrogen-bond acceptors (Lipinski definition) is 4. The summed E-state index contributed by atoms with van der Waals surface area (Å²) in [5, 5.41) is 16.9. The monoisotopic (exact) mass is 409 g/mol. The number of phenols is 1. The van der Waals surface area contributed by atoms with E-state index in [9.17, 15) is 13.5 Å². The van der Waals surface area contributed by atoms with Gasteiger partial charge >= 0.3 is 0 Å². The Kier molecular flexibility index (Phi) is 6.31. The Morgan fingerprint density at radius 1 is 0.897 bits per heavy atom. The van der Waals surface area contributed by atoms with Crippen molar-refractivity contribution in [3.8, 4) is 5.75 Å². The van der Waals surface area contributed by atoms with Gasteiger partial charge in [-0.15, -0.1) is 0 Å². The van der Waals surface area contributed by atoms with Crippen molar-refractivity contribution in [2.45, 2.75) is 17.9 Å². The molecule has 0 aliphatic carbocycles. The van der Waals surface area contributed by atoms with Crippen molar-refractivity contribution >= 4 is 15.9 Å². The van der Waals surface area contributed by atoms with E-state index in [1.165, 1.54) is 28.6 Å². The topological polar surface area (TPSA) is 107 Å². The van der Waals surface area contributed by atoms with Crippen LogP contribution in [-0.2, 0) is 23.0 Å². The van der Waals surface area contributed by atoms with Gasteiger partial charge in [0.15, 0.2) is 0 Å². The Hall–Kier alpha value is -3.16. The molecule has 0 saturated heterocycles. The number of hydrogen-bond donors (Lipinski definition) is 3. The van der Waals surface area contributed by atoms with Gasteiger partial charge in [-0.05, 0) is 53.9 Å². The first kappa shape index (κ1) is 20.6. The standard InChI is InChI=1S/C22H23N3O3S/c23-22(24)19-8-12-21(13-9-19)29(27,28)25(16-18-4-2-1-3-5-18)15-14-17-6-10-20(26)11-7-17/h1-13,26H,14-16H2,(H3,23,24). The van der Waals surface area contributed by atoms with Crippen molar-refractivity contribution in [2.24, 2.45) is 5.73 Å². The van der Waals surface area contributed by atoms with E-state index in [-0.39, 0.29) is 29.6 Å². The summed E-state index contributed by atoms with van der Waals surface area (Å²) in [5.41, 5.74) is 7.76. The molecule has 4 N–H and O–H groups in total. The first-order chi connectivity index (χ1) is 13.9. The van der Waals surface area contributed by atoms with E-state index in [0.29, 0.717) is 12.0 Å². The van der Waals surface area contributed by atoms with Crippen LogP contribution in [0.15, 0.2) is 83.8 Å². The summed E-state index contributed by atoms with van der Waals surface area (Å²) in [6, 6.07) is 22.2. The molecular weight excluding hydrogens is 386 g/mol. The first-order valence-corrected chi connectivity index (χ1v) is 10.6. The fourth-order valence-corrected chi connectivity index (χ4v) is 4.37. The third kappa shape index (κ3) is 5.22. The van der Waals surface area contributed by atoms with Crippen LogP contribution in [0.25, 0.3) is 0 Å². The lowest BCUT2D eigenvalue weighted by atomic mass is 10.1. The number of amidine groups is 1. The molecule has 3 aromatic rings. The molecule has 0 spiro atoms. The van der Waals surface area contributed by atoms with Crippen LogP contribution in [0.3, 0.4) is 0 Å². The molecule has 0 unspecified atom stereocenters. The summed E-state index contributed by atoms with van der Waals surface area (Å²) in [4.78, 5) is 0.157. The predicted octanol–water partition coefficient (Wildman–Crippen LogP) is 3.11. The van der Waals surface area contributed by atoms with Crippen LogP contribution >= 0.6 is 0 Å². The number of aromatic hydroxyl groups is 1. The van der Waals surface area contributed by atoms with Crippen molar-refractivity contribution in [1.29, 1.82) is 5.41 Å². The zero-order valence-electron chi connectivity index (χ0n) is 15.8. The predicted molar refractivity (Wildman–Crippen MR) is 113 cm³/mol. The highest BCUT2D eigenvalue weighted by atomic mass is 32.2. The summed E-state index contributed by atoms with van der Waals surface area (Å²) in [6.45, 7) is 0.534. The molecule has 6 nitrogen and oxygen atoms in total. The van der Waals surface area contributed by atoms with Crippen LogP contribution in [0.4, 0.5) is 0 Å². The van der Waals surface area contributed by atoms with E-state index < -0.39 is 10.0 Å². The highest BCUT2D eigenvalue weighted by Crippen LogP contribution is 2.20. The fourth-order valence-electron chi connectivity index (χ4n) is 2.94. The van der Waals surface area contributed by atoms with E-state index in [1.54, 1.807) is 24.3 Å². The van der Waals surface area contributed by atoms with Gasteiger partial charge in [-0.25, -0.2) is 8.42 Å². The van der Waals surface area contributed by atoms with Gasteiger partial charge in [-0.1, -0.05) is 42.5 Å². The van der Waals surface area contributed by atoms with Crippen molar-refractivity contribution in [1.82, 2.24) is 4.31 Å². The number of benzene rings is 3. The van der Waals surface area contributed by atoms with Gasteiger partial charge < -0.3 is 10.8 Å². The molecule has 0 fully saturated rings. The highest BCUT2D eigenvalue weighted by Gasteiger charge is 2.24. The minimum absolute atomic E-state index is 0.109. The normalized spacial score (nSPS) is 11.5. The zero-order chi connectivity index (χ0) is 20.9. The molecule has 0 heterocycles. The third-order valence-corrected chi connectivity index (χ3v) is 6.45. The Morgan fingerprint density at radius 3 is 2.10 bits per heavy atom. The summed E-state index contributed by atoms with van der Waals surface area (Å²) >= 11 is 0. The smallest absolute Gasteiger partial charge is 0.243 e. The lowest BCUT2D eigenvalue weighted by Gasteiger charge is -2.23. The number of nitrogens with two attached hydrogens (primary N) is 1. The van der Waals surface area contributed by atoms with Crippen LogP contribution in [-0.4, -0.2) is 30.2 Å². The molecule has 150 valence electrons. The number of nitrogens with zero attached hydrogens (tertiary/aromatic N) is 1. The van der Waals surface area contributed by atoms with Crippen molar-refractivity contribution in [2.75, 3.05) is 6.54 Å². The highest BCUT2D eigenvalue weighted by molar-refractivity contribution is 7.89. The molecule has 0 atom stereocenters. The SMILES string of the molecule is N=C(N)c1ccc(S(=O)(=O)N(CCc2ccc(O)cc2)Cc2ccccc2)cc1. The second-order valence-corrected chi connectivity index (χ2v) is 8.62. The Morgan fingerprint density at radius 2 is 1.52 bits per heavy atom. The van der Waals surface area contributed by atoms with E-state index in [0.717, 1.165) is 11.1 Å². The number of phenolic OH excluding ortho intramolecular Hbond substituents is 1. The zero-order valence-corrected chi connectivity index (χ0v) is 16.6. The maximum atomic E-state index is 13.3. The summed E-state index contributed by atoms with van der Waals surface area (Å²) in [5.74, 6) is 0.0653. The van der Waals surface area contributed by atoms with Crippen LogP contribution in [0.1, 0.15) is 16.7 Å². The lowest BCUT2D eigenvalue weighted by molar-refractivity contribution is 0.409. The average Bonchev–Trinajstić information content (AvgIpc) is 2.73. The van der Waals surface area contributed by atoms with Gasteiger partial charge in [0.25, 0.3) is 0 Å². The van der Waals surface area contributed by atoms with Crippen LogP contribution in [0.2, 0.25) is 0 Å². The third-order valence-electron chi connectivity index (χ3n) is 4.59. The molecule has 0 aliphatic heterocycles. The Bertz CT molecular complexity index is 1060. The summed E-state index contributed by atoms with van der Waals surface area (Å²) in [6.07, 6.45) is 0.512. The number of nitrogens with one attached hydrogen (secondary N) is 1. The van der Waals surface area contributed by atoms with Gasteiger partial charge in [0.2, 0.25) is 10.0 Å². The molecule has 0 saturated carbocycles. The molecule has 7 heteroatoms. The van der Waals surface area contributed by atoms with Crippen molar-refractivity contribution < 1.29 is 13.5 Å². The van der Waals surface area contributed by atoms with Gasteiger partial charge in [0, 0.05) is 18.7 Å². The second-order valence-electron chi connectivity index (χ2n) is 6.68. The Balaban J connectivity index is 1.87. The average molecular weight is 410 g/mol.